The van der Waals surface area contributed by atoms with E-state index in [2.05, 4.69) is 27.7 Å². The average Bonchev–Trinajstić information content (AvgIpc) is 2.40. The smallest absolute Gasteiger partial charge is 0.140 e. The van der Waals surface area contributed by atoms with Gasteiger partial charge in [-0.05, 0) is 58.8 Å². The third-order valence-corrected chi connectivity index (χ3v) is 5.57. The van der Waals surface area contributed by atoms with Crippen LogP contribution in [0.15, 0.2) is 12.1 Å². The first kappa shape index (κ1) is 16.0. The largest absolute Gasteiger partial charge is 0.207 e. The third kappa shape index (κ3) is 2.57. The van der Waals surface area contributed by atoms with Crippen LogP contribution in [0.5, 0.6) is 0 Å². The summed E-state index contributed by atoms with van der Waals surface area (Å²) < 4.78 is 28.0. The second-order valence-corrected chi connectivity index (χ2v) is 6.76. The molecule has 6 heteroatoms. The molecule has 0 N–H and O–H groups in total. The van der Waals surface area contributed by atoms with Crippen LogP contribution in [0.4, 0.5) is 8.78 Å². The Labute approximate surface area is 126 Å². The molecule has 0 radical (unpaired) electrons. The quantitative estimate of drug-likeness (QED) is 0.542. The van der Waals surface area contributed by atoms with Gasteiger partial charge in [0.2, 0.25) is 0 Å². The van der Waals surface area contributed by atoms with E-state index in [1.165, 1.54) is 6.07 Å². The number of hydrogen-bond donors (Lipinski definition) is 0. The van der Waals surface area contributed by atoms with E-state index >= 15 is 0 Å². The van der Waals surface area contributed by atoms with E-state index in [9.17, 15) is 8.78 Å². The number of rotatable bonds is 1. The van der Waals surface area contributed by atoms with Crippen molar-refractivity contribution < 1.29 is 8.78 Å². The molecule has 0 aromatic heterocycles. The van der Waals surface area contributed by atoms with Gasteiger partial charge in [0, 0.05) is 5.30 Å². The molecule has 0 saturated heterocycles. The van der Waals surface area contributed by atoms with Crippen LogP contribution in [0, 0.1) is 25.5 Å². The first-order chi connectivity index (χ1) is 9.25. The van der Waals surface area contributed by atoms with Crippen LogP contribution in [-0.2, 0) is 0 Å². The highest BCUT2D eigenvalue weighted by atomic mass is 31.0. The second kappa shape index (κ2) is 5.80. The lowest BCUT2D eigenvalue weighted by atomic mass is 9.82. The van der Waals surface area contributed by atoms with Crippen LogP contribution >= 0.6 is 27.7 Å². The maximum atomic E-state index is 14.0. The Hall–Kier alpha value is -0.345. The van der Waals surface area contributed by atoms with Gasteiger partial charge >= 0.3 is 0 Å². The van der Waals surface area contributed by atoms with Crippen molar-refractivity contribution in [2.45, 2.75) is 13.8 Å². The normalized spacial score (nSPS) is 10.9. The summed E-state index contributed by atoms with van der Waals surface area (Å²) in [6.07, 6.45) is 0. The lowest BCUT2D eigenvalue weighted by Crippen LogP contribution is -2.24. The van der Waals surface area contributed by atoms with E-state index in [1.807, 2.05) is 7.85 Å². The van der Waals surface area contributed by atoms with Crippen molar-refractivity contribution in [2.75, 3.05) is 0 Å². The molecule has 0 spiro atoms. The Kier molecular flexibility index (Phi) is 4.65. The highest BCUT2D eigenvalue weighted by Gasteiger charge is 2.17. The Balaban J connectivity index is 2.89. The highest BCUT2D eigenvalue weighted by Crippen LogP contribution is 2.25. The topological polar surface area (TPSA) is 0 Å². The fourth-order valence-corrected chi connectivity index (χ4v) is 3.43. The average molecular weight is 326 g/mol. The molecular formula is C14H16BF2P3. The lowest BCUT2D eigenvalue weighted by Gasteiger charge is -2.18. The van der Waals surface area contributed by atoms with Crippen molar-refractivity contribution in [1.29, 1.82) is 0 Å². The minimum Gasteiger partial charge on any atom is -0.207 e. The molecule has 2 rings (SSSR count). The second-order valence-electron chi connectivity index (χ2n) is 4.94. The molecule has 0 amide bonds. The van der Waals surface area contributed by atoms with Crippen molar-refractivity contribution in [2.24, 2.45) is 0 Å². The van der Waals surface area contributed by atoms with Gasteiger partial charge in [-0.25, -0.2) is 8.78 Å². The van der Waals surface area contributed by atoms with E-state index in [0.717, 1.165) is 27.2 Å². The fraction of sp³-hybridized carbons (Fsp3) is 0.143. The summed E-state index contributed by atoms with van der Waals surface area (Å²) in [5.41, 5.74) is 3.73. The van der Waals surface area contributed by atoms with Crippen molar-refractivity contribution in [3.8, 4) is 11.1 Å². The lowest BCUT2D eigenvalue weighted by molar-refractivity contribution is 0.620. The molecule has 0 fully saturated rings. The van der Waals surface area contributed by atoms with Gasteiger partial charge in [0.15, 0.2) is 0 Å². The third-order valence-electron chi connectivity index (χ3n) is 3.71. The predicted octanol–water partition coefficient (Wildman–Crippen LogP) is 1.01. The summed E-state index contributed by atoms with van der Waals surface area (Å²) in [5, 5.41) is 2.22. The standard InChI is InChI=1S/C14H16BF2P3/c1-5-8(16)4-10(19)14(20)11(5)7-3-9(18)13(17)6(2)12(7)15/h3-4H,15,18-20H2,1-2H3. The number of halogens is 2. The molecule has 0 aliphatic carbocycles. The van der Waals surface area contributed by atoms with Crippen molar-refractivity contribution in [1.82, 2.24) is 0 Å². The number of benzene rings is 2. The molecule has 3 atom stereocenters. The van der Waals surface area contributed by atoms with Gasteiger partial charge in [-0.3, -0.25) is 0 Å². The highest BCUT2D eigenvalue weighted by molar-refractivity contribution is 7.36. The summed E-state index contributed by atoms with van der Waals surface area (Å²) >= 11 is 0. The minimum absolute atomic E-state index is 0.221. The van der Waals surface area contributed by atoms with Gasteiger partial charge in [0.1, 0.15) is 19.5 Å². The van der Waals surface area contributed by atoms with E-state index in [1.54, 1.807) is 19.9 Å². The zero-order valence-electron chi connectivity index (χ0n) is 11.6. The molecule has 0 heterocycles. The molecule has 0 bridgehead atoms. The van der Waals surface area contributed by atoms with Gasteiger partial charge in [0.25, 0.3) is 0 Å². The molecule has 2 aromatic carbocycles. The Morgan fingerprint density at radius 2 is 1.55 bits per heavy atom. The van der Waals surface area contributed by atoms with Crippen LogP contribution in [0.1, 0.15) is 11.1 Å². The van der Waals surface area contributed by atoms with Crippen molar-refractivity contribution in [3.05, 3.63) is 34.9 Å². The molecule has 0 aliphatic rings. The van der Waals surface area contributed by atoms with Gasteiger partial charge < -0.3 is 0 Å². The zero-order chi connectivity index (χ0) is 15.2. The minimum atomic E-state index is -0.247. The van der Waals surface area contributed by atoms with Crippen LogP contribution < -0.4 is 21.4 Å². The molecule has 104 valence electrons. The molecule has 3 unspecified atom stereocenters. The van der Waals surface area contributed by atoms with E-state index < -0.39 is 0 Å². The van der Waals surface area contributed by atoms with Gasteiger partial charge in [0.05, 0.1) is 0 Å². The van der Waals surface area contributed by atoms with Crippen molar-refractivity contribution in [3.63, 3.8) is 0 Å². The zero-order valence-corrected chi connectivity index (χ0v) is 15.1. The first-order valence-corrected chi connectivity index (χ1v) is 7.88. The van der Waals surface area contributed by atoms with Crippen LogP contribution in [0.3, 0.4) is 0 Å². The van der Waals surface area contributed by atoms with E-state index in [0.29, 0.717) is 16.4 Å². The fourth-order valence-electron chi connectivity index (χ4n) is 2.31. The van der Waals surface area contributed by atoms with Gasteiger partial charge in [-0.1, -0.05) is 5.46 Å². The summed E-state index contributed by atoms with van der Waals surface area (Å²) in [4.78, 5) is 0. The summed E-state index contributed by atoms with van der Waals surface area (Å²) in [5.74, 6) is -0.468. The van der Waals surface area contributed by atoms with Gasteiger partial charge in [-0.15, -0.1) is 27.7 Å². The Morgan fingerprint density at radius 3 is 2.15 bits per heavy atom. The Bertz CT molecular complexity index is 688. The van der Waals surface area contributed by atoms with Gasteiger partial charge in [-0.2, -0.15) is 0 Å². The van der Waals surface area contributed by atoms with Crippen LogP contribution in [0.25, 0.3) is 11.1 Å². The molecular weight excluding hydrogens is 310 g/mol. The maximum absolute atomic E-state index is 14.0. The summed E-state index contributed by atoms with van der Waals surface area (Å²) in [7, 11) is 9.46. The monoisotopic (exact) mass is 326 g/mol. The van der Waals surface area contributed by atoms with E-state index in [-0.39, 0.29) is 11.6 Å². The summed E-state index contributed by atoms with van der Waals surface area (Å²) in [6.45, 7) is 3.50. The first-order valence-electron chi connectivity index (χ1n) is 6.15. The summed E-state index contributed by atoms with van der Waals surface area (Å²) in [6, 6.07) is 3.26. The SMILES string of the molecule is Bc1c(-c2c(C)c(F)cc(P)c2P)cc(P)c(F)c1C. The molecule has 20 heavy (non-hydrogen) atoms. The van der Waals surface area contributed by atoms with E-state index in [4.69, 9.17) is 0 Å². The molecule has 0 aliphatic heterocycles. The number of hydrogen-bond acceptors (Lipinski definition) is 0. The molecule has 2 aromatic rings. The molecule has 0 saturated carbocycles. The molecule has 0 nitrogen and oxygen atoms in total. The predicted molar refractivity (Wildman–Crippen MR) is 97.5 cm³/mol. The van der Waals surface area contributed by atoms with Crippen LogP contribution in [0.2, 0.25) is 0 Å². The van der Waals surface area contributed by atoms with Crippen LogP contribution in [-0.4, -0.2) is 7.85 Å². The Morgan fingerprint density at radius 1 is 0.950 bits per heavy atom. The van der Waals surface area contributed by atoms with Crippen molar-refractivity contribution >= 4 is 56.9 Å². The maximum Gasteiger partial charge on any atom is 0.140 e.